The summed E-state index contributed by atoms with van der Waals surface area (Å²) in [5.41, 5.74) is 8.25. The van der Waals surface area contributed by atoms with Crippen LogP contribution < -0.4 is 9.30 Å². The molecule has 4 aromatic heterocycles. The van der Waals surface area contributed by atoms with Crippen LogP contribution in [-0.2, 0) is 29.3 Å². The standard InChI is InChI=1S/C43H48N9O/c1-41(2,3)31-22-34(40(51-18-12-16-44-51)52-19-13-17-45-52)38-35(23-31)43(7,8)36-24-32(42(4,5)6)25-37(39(36)53-38)49-21-20-48(29-49)27-33-28-50(47-46-33)26-30-14-10-9-11-15-30/h9-25,28-29,40H,26-27H2,1-8H3/q+1. The summed E-state index contributed by atoms with van der Waals surface area (Å²) in [4.78, 5) is 0. The molecule has 0 bridgehead atoms. The molecule has 1 aliphatic rings. The van der Waals surface area contributed by atoms with E-state index in [1.54, 1.807) is 0 Å². The van der Waals surface area contributed by atoms with Gasteiger partial charge in [0.1, 0.15) is 30.4 Å². The number of ether oxygens (including phenoxy) is 1. The molecule has 0 atom stereocenters. The number of hydrogen-bond acceptors (Lipinski definition) is 5. The Morgan fingerprint density at radius 3 is 2.04 bits per heavy atom. The van der Waals surface area contributed by atoms with Gasteiger partial charge in [0.2, 0.25) is 6.33 Å². The fourth-order valence-electron chi connectivity index (χ4n) is 7.24. The predicted molar refractivity (Wildman–Crippen MR) is 205 cm³/mol. The third-order valence-corrected chi connectivity index (χ3v) is 10.4. The van der Waals surface area contributed by atoms with Crippen LogP contribution in [0.3, 0.4) is 0 Å². The zero-order valence-electron chi connectivity index (χ0n) is 31.9. The van der Waals surface area contributed by atoms with Gasteiger partial charge in [-0.15, -0.1) is 5.10 Å². The van der Waals surface area contributed by atoms with Gasteiger partial charge in [-0.3, -0.25) is 0 Å². The van der Waals surface area contributed by atoms with Crippen LogP contribution in [0.2, 0.25) is 0 Å². The van der Waals surface area contributed by atoms with Gasteiger partial charge in [0.05, 0.1) is 12.7 Å². The quantitative estimate of drug-likeness (QED) is 0.150. The number of fused-ring (bicyclic) bond motifs is 2. The Kier molecular flexibility index (Phi) is 8.24. The van der Waals surface area contributed by atoms with Crippen molar-refractivity contribution in [3.63, 3.8) is 0 Å². The molecule has 0 aliphatic carbocycles. The normalized spacial score (nSPS) is 13.9. The van der Waals surface area contributed by atoms with Gasteiger partial charge in [0.15, 0.2) is 17.6 Å². The fourth-order valence-corrected chi connectivity index (χ4v) is 7.24. The Labute approximate surface area is 311 Å². The lowest BCUT2D eigenvalue weighted by molar-refractivity contribution is -0.688. The van der Waals surface area contributed by atoms with E-state index in [0.717, 1.165) is 39.6 Å². The molecule has 53 heavy (non-hydrogen) atoms. The maximum absolute atomic E-state index is 7.29. The van der Waals surface area contributed by atoms with E-state index in [1.165, 1.54) is 16.7 Å². The molecule has 0 saturated heterocycles. The first kappa shape index (κ1) is 34.3. The lowest BCUT2D eigenvalue weighted by Crippen LogP contribution is -2.32. The van der Waals surface area contributed by atoms with Gasteiger partial charge in [-0.1, -0.05) is 103 Å². The van der Waals surface area contributed by atoms with Crippen LogP contribution in [0, 0.1) is 0 Å². The third kappa shape index (κ3) is 6.47. The summed E-state index contributed by atoms with van der Waals surface area (Å²) >= 11 is 0. The van der Waals surface area contributed by atoms with E-state index in [1.807, 2.05) is 75.4 Å². The van der Waals surface area contributed by atoms with E-state index in [0.29, 0.717) is 13.1 Å². The van der Waals surface area contributed by atoms with Crippen molar-refractivity contribution in [2.45, 2.75) is 90.9 Å². The van der Waals surface area contributed by atoms with Crippen molar-refractivity contribution in [3.8, 4) is 17.2 Å². The molecule has 3 aromatic carbocycles. The molecule has 0 radical (unpaired) electrons. The molecule has 0 N–H and O–H groups in total. The predicted octanol–water partition coefficient (Wildman–Crippen LogP) is 7.97. The zero-order chi connectivity index (χ0) is 37.1. The van der Waals surface area contributed by atoms with E-state index in [2.05, 4.69) is 130 Å². The Balaban J connectivity index is 1.25. The van der Waals surface area contributed by atoms with Crippen molar-refractivity contribution >= 4 is 0 Å². The molecule has 0 spiro atoms. The summed E-state index contributed by atoms with van der Waals surface area (Å²) in [5.74, 6) is 1.68. The molecule has 1 aliphatic heterocycles. The number of benzene rings is 3. The molecule has 7 aromatic rings. The van der Waals surface area contributed by atoms with Crippen LogP contribution in [0.1, 0.15) is 101 Å². The Hall–Kier alpha value is -5.77. The summed E-state index contributed by atoms with van der Waals surface area (Å²) in [5, 5.41) is 18.3. The molecule has 8 rings (SSSR count). The summed E-state index contributed by atoms with van der Waals surface area (Å²) in [6.45, 7) is 19.5. The van der Waals surface area contributed by atoms with Crippen molar-refractivity contribution in [2.75, 3.05) is 0 Å². The molecule has 270 valence electrons. The summed E-state index contributed by atoms with van der Waals surface area (Å²) < 4.78 is 17.4. The summed E-state index contributed by atoms with van der Waals surface area (Å²) in [7, 11) is 0. The van der Waals surface area contributed by atoms with E-state index < -0.39 is 5.41 Å². The number of rotatable bonds is 8. The molecular weight excluding hydrogens is 659 g/mol. The molecule has 0 amide bonds. The highest BCUT2D eigenvalue weighted by molar-refractivity contribution is 5.68. The molecule has 0 saturated carbocycles. The summed E-state index contributed by atoms with van der Waals surface area (Å²) in [6.07, 6.45) is 15.6. The Morgan fingerprint density at radius 1 is 0.774 bits per heavy atom. The van der Waals surface area contributed by atoms with Crippen molar-refractivity contribution < 1.29 is 9.30 Å². The molecule has 5 heterocycles. The van der Waals surface area contributed by atoms with Crippen molar-refractivity contribution in [2.24, 2.45) is 0 Å². The second-order valence-electron chi connectivity index (χ2n) is 16.8. The average molecular weight is 707 g/mol. The second-order valence-corrected chi connectivity index (χ2v) is 16.8. The first-order valence-corrected chi connectivity index (χ1v) is 18.3. The number of aromatic nitrogens is 9. The highest BCUT2D eigenvalue weighted by atomic mass is 16.5. The minimum absolute atomic E-state index is 0.0930. The van der Waals surface area contributed by atoms with Gasteiger partial charge in [0.25, 0.3) is 0 Å². The largest absolute Gasteiger partial charge is 0.452 e. The van der Waals surface area contributed by atoms with Gasteiger partial charge >= 0.3 is 0 Å². The van der Waals surface area contributed by atoms with Crippen LogP contribution in [0.15, 0.2) is 116 Å². The minimum atomic E-state index is -0.395. The van der Waals surface area contributed by atoms with Crippen molar-refractivity contribution in [1.82, 2.24) is 39.1 Å². The van der Waals surface area contributed by atoms with Crippen molar-refractivity contribution in [3.05, 3.63) is 156 Å². The maximum Gasteiger partial charge on any atom is 0.249 e. The highest BCUT2D eigenvalue weighted by Crippen LogP contribution is 2.54. The number of imidazole rings is 1. The second kappa shape index (κ2) is 12.7. The van der Waals surface area contributed by atoms with Gasteiger partial charge in [-0.2, -0.15) is 14.8 Å². The lowest BCUT2D eigenvalue weighted by Gasteiger charge is -2.39. The van der Waals surface area contributed by atoms with Crippen molar-refractivity contribution in [1.29, 1.82) is 0 Å². The molecular formula is C43H48N9O+. The van der Waals surface area contributed by atoms with E-state index >= 15 is 0 Å². The van der Waals surface area contributed by atoms with Crippen LogP contribution in [0.25, 0.3) is 5.69 Å². The topological polar surface area (TPSA) is 84.4 Å². The molecule has 0 fully saturated rings. The minimum Gasteiger partial charge on any atom is -0.452 e. The highest BCUT2D eigenvalue weighted by Gasteiger charge is 2.42. The smallest absolute Gasteiger partial charge is 0.249 e. The Bertz CT molecular complexity index is 2330. The average Bonchev–Trinajstić information content (AvgIpc) is 3.95. The summed E-state index contributed by atoms with van der Waals surface area (Å²) in [6, 6.07) is 23.5. The third-order valence-electron chi connectivity index (χ3n) is 10.4. The number of hydrogen-bond donors (Lipinski definition) is 0. The van der Waals surface area contributed by atoms with E-state index in [9.17, 15) is 0 Å². The van der Waals surface area contributed by atoms with Crippen LogP contribution >= 0.6 is 0 Å². The van der Waals surface area contributed by atoms with Gasteiger partial charge < -0.3 is 4.74 Å². The SMILES string of the molecule is CC(C)(C)c1cc(C(n2cccn2)n2cccn2)c2c(c1)C(C)(C)c1cc(C(C)(C)C)cc(-n3cc[n+](Cc4cn(Cc5ccccc5)nn4)c3)c1O2. The number of nitrogens with zero attached hydrogens (tertiary/aromatic N) is 9. The maximum atomic E-state index is 7.29. The zero-order valence-corrected chi connectivity index (χ0v) is 31.9. The van der Waals surface area contributed by atoms with Crippen LogP contribution in [0.5, 0.6) is 11.5 Å². The van der Waals surface area contributed by atoms with Gasteiger partial charge in [-0.05, 0) is 51.8 Å². The fraction of sp³-hybridized carbons (Fsp3) is 0.326. The molecule has 10 nitrogen and oxygen atoms in total. The first-order chi connectivity index (χ1) is 25.3. The van der Waals surface area contributed by atoms with Gasteiger partial charge in [0, 0.05) is 46.9 Å². The molecule has 10 heteroatoms. The Morgan fingerprint density at radius 2 is 1.42 bits per heavy atom. The van der Waals surface area contributed by atoms with Gasteiger partial charge in [-0.25, -0.2) is 18.6 Å². The monoisotopic (exact) mass is 706 g/mol. The van der Waals surface area contributed by atoms with E-state index in [-0.39, 0.29) is 17.0 Å². The van der Waals surface area contributed by atoms with Crippen LogP contribution in [0.4, 0.5) is 0 Å². The lowest BCUT2D eigenvalue weighted by atomic mass is 9.71. The van der Waals surface area contributed by atoms with E-state index in [4.69, 9.17) is 14.9 Å². The first-order valence-electron chi connectivity index (χ1n) is 18.3. The van der Waals surface area contributed by atoms with Crippen LogP contribution in [-0.4, -0.2) is 39.1 Å². The molecule has 0 unspecified atom stereocenters.